The molecule has 1 aromatic heterocycles. The number of nitrogens with one attached hydrogen (secondary N) is 2. The fourth-order valence-corrected chi connectivity index (χ4v) is 5.60. The number of benzene rings is 1. The summed E-state index contributed by atoms with van der Waals surface area (Å²) in [6.07, 6.45) is 4.08. The number of carbonyl (C=O) groups is 1. The summed E-state index contributed by atoms with van der Waals surface area (Å²) in [7, 11) is -3.62. The molecule has 1 saturated heterocycles. The predicted octanol–water partition coefficient (Wildman–Crippen LogP) is 2.24. The molecule has 9 heteroatoms. The van der Waals surface area contributed by atoms with E-state index in [1.165, 1.54) is 23.6 Å². The molecule has 156 valence electrons. The van der Waals surface area contributed by atoms with Crippen molar-refractivity contribution in [2.45, 2.75) is 50.6 Å². The van der Waals surface area contributed by atoms with Crippen LogP contribution in [0.25, 0.3) is 0 Å². The van der Waals surface area contributed by atoms with Gasteiger partial charge in [0, 0.05) is 25.1 Å². The molecule has 8 nitrogen and oxygen atoms in total. The summed E-state index contributed by atoms with van der Waals surface area (Å²) in [5.74, 6) is 0.424. The second kappa shape index (κ2) is 8.25. The molecule has 1 aromatic carbocycles. The maximum absolute atomic E-state index is 13.0. The lowest BCUT2D eigenvalue weighted by molar-refractivity contribution is -0.116. The van der Waals surface area contributed by atoms with Crippen LogP contribution in [0.5, 0.6) is 0 Å². The van der Waals surface area contributed by atoms with Gasteiger partial charge < -0.3 is 10.2 Å². The van der Waals surface area contributed by atoms with Crippen LogP contribution in [0.15, 0.2) is 29.2 Å². The Kier molecular flexibility index (Phi) is 5.71. The Bertz CT molecular complexity index is 995. The fraction of sp³-hybridized carbons (Fsp3) is 0.500. The van der Waals surface area contributed by atoms with Crippen LogP contribution in [-0.4, -0.2) is 53.4 Å². The predicted molar refractivity (Wildman–Crippen MR) is 110 cm³/mol. The minimum atomic E-state index is -3.62. The Balaban J connectivity index is 1.40. The van der Waals surface area contributed by atoms with Gasteiger partial charge in [0.1, 0.15) is 5.82 Å². The highest BCUT2D eigenvalue weighted by Crippen LogP contribution is 2.32. The van der Waals surface area contributed by atoms with E-state index < -0.39 is 10.0 Å². The van der Waals surface area contributed by atoms with E-state index in [9.17, 15) is 13.2 Å². The van der Waals surface area contributed by atoms with Gasteiger partial charge in [0.05, 0.1) is 17.1 Å². The molecule has 1 fully saturated rings. The molecule has 0 atom stereocenters. The van der Waals surface area contributed by atoms with Gasteiger partial charge in [0.2, 0.25) is 15.9 Å². The van der Waals surface area contributed by atoms with E-state index in [2.05, 4.69) is 20.4 Å². The van der Waals surface area contributed by atoms with Crippen LogP contribution in [-0.2, 0) is 27.9 Å². The van der Waals surface area contributed by atoms with Crippen LogP contribution < -0.4 is 5.32 Å². The number of anilines is 1. The third kappa shape index (κ3) is 4.22. The van der Waals surface area contributed by atoms with Crippen molar-refractivity contribution in [2.24, 2.45) is 0 Å². The highest BCUT2D eigenvalue weighted by atomic mass is 32.2. The van der Waals surface area contributed by atoms with Crippen LogP contribution >= 0.6 is 0 Å². The maximum atomic E-state index is 13.0. The third-order valence-corrected chi connectivity index (χ3v) is 7.64. The molecule has 2 N–H and O–H groups in total. The summed E-state index contributed by atoms with van der Waals surface area (Å²) in [6, 6.07) is 6.96. The van der Waals surface area contributed by atoms with Gasteiger partial charge >= 0.3 is 0 Å². The molecule has 3 heterocycles. The van der Waals surface area contributed by atoms with Crippen LogP contribution in [0.3, 0.4) is 0 Å². The van der Waals surface area contributed by atoms with Gasteiger partial charge in [-0.3, -0.25) is 9.89 Å². The second-order valence-corrected chi connectivity index (χ2v) is 9.67. The van der Waals surface area contributed by atoms with Crippen LogP contribution in [0, 0.1) is 6.92 Å². The van der Waals surface area contributed by atoms with Gasteiger partial charge in [-0.1, -0.05) is 24.6 Å². The van der Waals surface area contributed by atoms with Gasteiger partial charge in [0.25, 0.3) is 0 Å². The number of carbonyl (C=O) groups excluding carboxylic acids is 1. The molecule has 4 rings (SSSR count). The lowest BCUT2D eigenvalue weighted by atomic mass is 10.1. The smallest absolute Gasteiger partial charge is 0.244 e. The first-order valence-corrected chi connectivity index (χ1v) is 11.5. The molecule has 0 saturated carbocycles. The Hall–Kier alpha value is -2.23. The highest BCUT2D eigenvalue weighted by Gasteiger charge is 2.35. The van der Waals surface area contributed by atoms with Crippen molar-refractivity contribution < 1.29 is 13.2 Å². The molecule has 0 unspecified atom stereocenters. The monoisotopic (exact) mass is 417 g/mol. The molecule has 2 aromatic rings. The number of hydrogen-bond acceptors (Lipinski definition) is 5. The summed E-state index contributed by atoms with van der Waals surface area (Å²) in [4.78, 5) is 15.0. The lowest BCUT2D eigenvalue weighted by Crippen LogP contribution is -2.32. The average Bonchev–Trinajstić information content (AvgIpc) is 3.30. The Morgan fingerprint density at radius 2 is 1.93 bits per heavy atom. The van der Waals surface area contributed by atoms with E-state index in [-0.39, 0.29) is 19.0 Å². The number of nitrogens with zero attached hydrogens (tertiary/aromatic N) is 3. The Morgan fingerprint density at radius 1 is 1.17 bits per heavy atom. The van der Waals surface area contributed by atoms with Gasteiger partial charge in [-0.25, -0.2) is 8.42 Å². The number of hydrogen-bond donors (Lipinski definition) is 2. The molecule has 2 aliphatic rings. The first-order chi connectivity index (χ1) is 13.9. The van der Waals surface area contributed by atoms with Crippen LogP contribution in [0.1, 0.15) is 42.5 Å². The summed E-state index contributed by atoms with van der Waals surface area (Å²) in [6.45, 7) is 5.04. The largest absolute Gasteiger partial charge is 0.311 e. The van der Waals surface area contributed by atoms with Crippen molar-refractivity contribution in [3.63, 3.8) is 0 Å². The fourth-order valence-electron chi connectivity index (χ4n) is 4.01. The average molecular weight is 418 g/mol. The summed E-state index contributed by atoms with van der Waals surface area (Å²) >= 11 is 0. The van der Waals surface area contributed by atoms with Gasteiger partial charge in [-0.15, -0.1) is 0 Å². The third-order valence-electron chi connectivity index (χ3n) is 5.69. The first kappa shape index (κ1) is 20.1. The van der Waals surface area contributed by atoms with E-state index in [1.54, 1.807) is 25.1 Å². The number of aromatic nitrogens is 2. The zero-order chi connectivity index (χ0) is 20.4. The molecular formula is C20H27N5O3S. The summed E-state index contributed by atoms with van der Waals surface area (Å²) in [5.41, 5.74) is 2.12. The minimum Gasteiger partial charge on any atom is -0.311 e. The van der Waals surface area contributed by atoms with Gasteiger partial charge in [-0.05, 0) is 44.5 Å². The van der Waals surface area contributed by atoms with Crippen LogP contribution in [0.2, 0.25) is 0 Å². The zero-order valence-corrected chi connectivity index (χ0v) is 17.5. The van der Waals surface area contributed by atoms with E-state index in [0.717, 1.165) is 25.2 Å². The van der Waals surface area contributed by atoms with Crippen molar-refractivity contribution in [1.29, 1.82) is 0 Å². The molecule has 1 amide bonds. The number of amides is 1. The van der Waals surface area contributed by atoms with E-state index in [0.29, 0.717) is 28.4 Å². The van der Waals surface area contributed by atoms with Crippen molar-refractivity contribution in [3.05, 3.63) is 41.1 Å². The van der Waals surface area contributed by atoms with Crippen LogP contribution in [0.4, 0.5) is 5.82 Å². The number of piperidine rings is 1. The number of rotatable bonds is 6. The number of fused-ring (bicyclic) bond motifs is 1. The summed E-state index contributed by atoms with van der Waals surface area (Å²) in [5, 5.41) is 9.95. The molecular weight excluding hydrogens is 390 g/mol. The number of likely N-dealkylation sites (tertiary alicyclic amines) is 1. The zero-order valence-electron chi connectivity index (χ0n) is 16.6. The minimum absolute atomic E-state index is 0.0813. The molecule has 0 radical (unpaired) electrons. The molecule has 29 heavy (non-hydrogen) atoms. The SMILES string of the molecule is Cc1ccccc1S(=O)(=O)N1Cc2n[nH]c(NC(=O)CCN3CCCCC3)c2C1. The second-order valence-electron chi connectivity index (χ2n) is 7.76. The standard InChI is InChI=1S/C20H27N5O3S/c1-15-7-3-4-8-18(15)29(27,28)25-13-16-17(14-25)22-23-20(16)21-19(26)9-12-24-10-5-2-6-11-24/h3-4,7-8H,2,5-6,9-14H2,1H3,(H2,21,22,23,26). The lowest BCUT2D eigenvalue weighted by Gasteiger charge is -2.25. The Morgan fingerprint density at radius 3 is 2.69 bits per heavy atom. The van der Waals surface area contributed by atoms with Crippen molar-refractivity contribution in [3.8, 4) is 0 Å². The van der Waals surface area contributed by atoms with Crippen molar-refractivity contribution >= 4 is 21.7 Å². The maximum Gasteiger partial charge on any atom is 0.244 e. The van der Waals surface area contributed by atoms with Gasteiger partial charge in [-0.2, -0.15) is 9.40 Å². The number of sulfonamides is 1. The molecule has 0 spiro atoms. The Labute approximate surface area is 171 Å². The number of aryl methyl sites for hydroxylation is 1. The van der Waals surface area contributed by atoms with E-state index >= 15 is 0 Å². The van der Waals surface area contributed by atoms with Crippen molar-refractivity contribution in [1.82, 2.24) is 19.4 Å². The molecule has 2 aliphatic heterocycles. The summed E-state index contributed by atoms with van der Waals surface area (Å²) < 4.78 is 27.5. The quantitative estimate of drug-likeness (QED) is 0.751. The number of H-pyrrole nitrogens is 1. The highest BCUT2D eigenvalue weighted by molar-refractivity contribution is 7.89. The topological polar surface area (TPSA) is 98.4 Å². The molecule has 0 bridgehead atoms. The van der Waals surface area contributed by atoms with E-state index in [4.69, 9.17) is 0 Å². The number of aromatic amines is 1. The first-order valence-electron chi connectivity index (χ1n) is 10.1. The van der Waals surface area contributed by atoms with E-state index in [1.807, 2.05) is 6.07 Å². The normalized spacial score (nSPS) is 18.0. The molecule has 0 aliphatic carbocycles. The van der Waals surface area contributed by atoms with Crippen molar-refractivity contribution in [2.75, 3.05) is 25.0 Å². The van der Waals surface area contributed by atoms with Gasteiger partial charge in [0.15, 0.2) is 0 Å².